The number of benzene rings is 1. The minimum atomic E-state index is 0.630. The molecule has 1 heterocycles. The van der Waals surface area contributed by atoms with E-state index in [0.717, 1.165) is 5.69 Å². The fourth-order valence-corrected chi connectivity index (χ4v) is 1.69. The van der Waals surface area contributed by atoms with E-state index in [0.29, 0.717) is 24.4 Å². The smallest absolute Gasteiger partial charge is 0.0985 e. The molecule has 0 spiro atoms. The van der Waals surface area contributed by atoms with Gasteiger partial charge in [0.15, 0.2) is 0 Å². The highest BCUT2D eigenvalue weighted by Crippen LogP contribution is 2.22. The van der Waals surface area contributed by atoms with Gasteiger partial charge in [-0.05, 0) is 19.1 Å². The maximum atomic E-state index is 8.83. The van der Waals surface area contributed by atoms with Crippen LogP contribution >= 0.6 is 0 Å². The molecule has 0 radical (unpaired) electrons. The number of rotatable bonds is 1. The highest BCUT2D eigenvalue weighted by Gasteiger charge is 2.19. The zero-order valence-corrected chi connectivity index (χ0v) is 8.70. The molecule has 0 amide bonds. The van der Waals surface area contributed by atoms with Gasteiger partial charge >= 0.3 is 0 Å². The predicted octanol–water partition coefficient (Wildman–Crippen LogP) is 1.55. The number of nitriles is 1. The van der Waals surface area contributed by atoms with E-state index in [-0.39, 0.29) is 0 Å². The summed E-state index contributed by atoms with van der Waals surface area (Å²) in [6.07, 6.45) is 0. The largest absolute Gasteiger partial charge is 0.400 e. The monoisotopic (exact) mass is 199 g/mol. The summed E-state index contributed by atoms with van der Waals surface area (Å²) in [4.78, 5) is 2.10. The van der Waals surface area contributed by atoms with Crippen LogP contribution in [0.4, 0.5) is 5.69 Å². The zero-order valence-electron chi connectivity index (χ0n) is 8.70. The number of hydrogen-bond donors (Lipinski definition) is 1. The van der Waals surface area contributed by atoms with Crippen molar-refractivity contribution in [3.63, 3.8) is 0 Å². The zero-order chi connectivity index (χ0) is 10.8. The van der Waals surface area contributed by atoms with Gasteiger partial charge in [-0.3, -0.25) is 0 Å². The molecule has 1 aliphatic rings. The predicted molar refractivity (Wildman–Crippen MR) is 60.2 cm³/mol. The summed E-state index contributed by atoms with van der Waals surface area (Å²) in [5, 5.41) is 8.83. The summed E-state index contributed by atoms with van der Waals surface area (Å²) in [6, 6.07) is 10.4. The van der Waals surface area contributed by atoms with E-state index >= 15 is 0 Å². The first-order valence-corrected chi connectivity index (χ1v) is 4.90. The molecule has 2 rings (SSSR count). The summed E-state index contributed by atoms with van der Waals surface area (Å²) in [7, 11) is 0. The van der Waals surface area contributed by atoms with Crippen LogP contribution in [-0.4, -0.2) is 13.1 Å². The molecule has 0 bridgehead atoms. The standard InChI is InChI=1S/C12H13N3/c1-9-2-4-11(5-3-9)15-7-10(6-13)12(14)8-15/h2-5H,7-8,14H2,1H3. The number of anilines is 1. The second-order valence-corrected chi connectivity index (χ2v) is 3.81. The van der Waals surface area contributed by atoms with Crippen molar-refractivity contribution in [2.75, 3.05) is 18.0 Å². The minimum absolute atomic E-state index is 0.630. The van der Waals surface area contributed by atoms with Crippen LogP contribution in [0.2, 0.25) is 0 Å². The SMILES string of the molecule is Cc1ccc(N2CC(N)=C(C#N)C2)cc1. The van der Waals surface area contributed by atoms with Gasteiger partial charge in [0.2, 0.25) is 0 Å². The summed E-state index contributed by atoms with van der Waals surface area (Å²) < 4.78 is 0. The summed E-state index contributed by atoms with van der Waals surface area (Å²) in [5.41, 5.74) is 9.50. The fourth-order valence-electron chi connectivity index (χ4n) is 1.69. The van der Waals surface area contributed by atoms with Crippen LogP contribution in [0.5, 0.6) is 0 Å². The Morgan fingerprint density at radius 3 is 2.47 bits per heavy atom. The molecule has 76 valence electrons. The third-order valence-corrected chi connectivity index (χ3v) is 2.63. The van der Waals surface area contributed by atoms with Gasteiger partial charge in [0.05, 0.1) is 24.7 Å². The first kappa shape index (κ1) is 9.60. The molecule has 1 aliphatic heterocycles. The molecular weight excluding hydrogens is 186 g/mol. The molecular formula is C12H13N3. The number of aryl methyl sites for hydroxylation is 1. The van der Waals surface area contributed by atoms with Crippen molar-refractivity contribution < 1.29 is 0 Å². The normalized spacial score (nSPS) is 15.6. The third-order valence-electron chi connectivity index (χ3n) is 2.63. The Balaban J connectivity index is 2.18. The molecule has 2 N–H and O–H groups in total. The Morgan fingerprint density at radius 1 is 1.27 bits per heavy atom. The van der Waals surface area contributed by atoms with Crippen LogP contribution in [0, 0.1) is 18.3 Å². The van der Waals surface area contributed by atoms with E-state index in [1.165, 1.54) is 5.56 Å². The molecule has 1 aromatic rings. The van der Waals surface area contributed by atoms with E-state index in [1.807, 2.05) is 0 Å². The van der Waals surface area contributed by atoms with E-state index in [4.69, 9.17) is 11.0 Å². The molecule has 0 unspecified atom stereocenters. The van der Waals surface area contributed by atoms with Crippen LogP contribution in [0.25, 0.3) is 0 Å². The second kappa shape index (κ2) is 3.66. The van der Waals surface area contributed by atoms with Crippen molar-refractivity contribution in [3.05, 3.63) is 41.1 Å². The van der Waals surface area contributed by atoms with E-state index in [1.54, 1.807) is 0 Å². The fraction of sp³-hybridized carbons (Fsp3) is 0.250. The lowest BCUT2D eigenvalue weighted by molar-refractivity contribution is 0.974. The maximum Gasteiger partial charge on any atom is 0.0985 e. The molecule has 3 heteroatoms. The van der Waals surface area contributed by atoms with E-state index in [2.05, 4.69) is 42.2 Å². The van der Waals surface area contributed by atoms with Gasteiger partial charge in [-0.2, -0.15) is 5.26 Å². The Hall–Kier alpha value is -1.95. The Bertz CT molecular complexity index is 437. The molecule has 15 heavy (non-hydrogen) atoms. The Labute approximate surface area is 89.4 Å². The number of nitrogens with two attached hydrogens (primary N) is 1. The van der Waals surface area contributed by atoms with Crippen LogP contribution in [0.3, 0.4) is 0 Å². The van der Waals surface area contributed by atoms with Crippen molar-refractivity contribution in [2.45, 2.75) is 6.92 Å². The molecule has 0 saturated carbocycles. The number of nitrogens with zero attached hydrogens (tertiary/aromatic N) is 2. The second-order valence-electron chi connectivity index (χ2n) is 3.81. The van der Waals surface area contributed by atoms with Crippen molar-refractivity contribution in [2.24, 2.45) is 5.73 Å². The molecule has 0 aromatic heterocycles. The van der Waals surface area contributed by atoms with Gasteiger partial charge in [0.25, 0.3) is 0 Å². The van der Waals surface area contributed by atoms with E-state index < -0.39 is 0 Å². The topological polar surface area (TPSA) is 53.0 Å². The van der Waals surface area contributed by atoms with Crippen LogP contribution in [-0.2, 0) is 0 Å². The molecule has 3 nitrogen and oxygen atoms in total. The molecule has 0 aliphatic carbocycles. The van der Waals surface area contributed by atoms with Crippen molar-refractivity contribution in [1.82, 2.24) is 0 Å². The van der Waals surface area contributed by atoms with Crippen LogP contribution < -0.4 is 10.6 Å². The summed E-state index contributed by atoms with van der Waals surface area (Å²) in [6.45, 7) is 3.35. The molecule has 1 aromatic carbocycles. The van der Waals surface area contributed by atoms with Gasteiger partial charge in [0, 0.05) is 11.4 Å². The van der Waals surface area contributed by atoms with Crippen LogP contribution in [0.15, 0.2) is 35.5 Å². The van der Waals surface area contributed by atoms with Crippen molar-refractivity contribution >= 4 is 5.69 Å². The Kier molecular flexibility index (Phi) is 2.34. The number of hydrogen-bond acceptors (Lipinski definition) is 3. The van der Waals surface area contributed by atoms with Crippen molar-refractivity contribution in [3.8, 4) is 6.07 Å². The van der Waals surface area contributed by atoms with E-state index in [9.17, 15) is 0 Å². The molecule has 0 saturated heterocycles. The lowest BCUT2D eigenvalue weighted by Crippen LogP contribution is -2.21. The van der Waals surface area contributed by atoms with Gasteiger partial charge in [0.1, 0.15) is 0 Å². The van der Waals surface area contributed by atoms with Crippen LogP contribution in [0.1, 0.15) is 5.56 Å². The summed E-state index contributed by atoms with van der Waals surface area (Å²) in [5.74, 6) is 0. The summed E-state index contributed by atoms with van der Waals surface area (Å²) >= 11 is 0. The lowest BCUT2D eigenvalue weighted by atomic mass is 10.2. The highest BCUT2D eigenvalue weighted by molar-refractivity contribution is 5.54. The first-order valence-electron chi connectivity index (χ1n) is 4.90. The highest BCUT2D eigenvalue weighted by atomic mass is 15.2. The first-order chi connectivity index (χ1) is 7.20. The van der Waals surface area contributed by atoms with Gasteiger partial charge < -0.3 is 10.6 Å². The third kappa shape index (κ3) is 1.79. The van der Waals surface area contributed by atoms with Gasteiger partial charge in [-0.1, -0.05) is 17.7 Å². The quantitative estimate of drug-likeness (QED) is 0.746. The van der Waals surface area contributed by atoms with Crippen molar-refractivity contribution in [1.29, 1.82) is 5.26 Å². The Morgan fingerprint density at radius 2 is 1.93 bits per heavy atom. The lowest BCUT2D eigenvalue weighted by Gasteiger charge is -2.18. The maximum absolute atomic E-state index is 8.83. The molecule has 0 atom stereocenters. The minimum Gasteiger partial charge on any atom is -0.400 e. The molecule has 0 fully saturated rings. The average Bonchev–Trinajstić information content (AvgIpc) is 2.61. The van der Waals surface area contributed by atoms with Gasteiger partial charge in [-0.25, -0.2) is 0 Å². The van der Waals surface area contributed by atoms with Gasteiger partial charge in [-0.15, -0.1) is 0 Å². The average molecular weight is 199 g/mol.